The van der Waals surface area contributed by atoms with Gasteiger partial charge in [-0.15, -0.1) is 0 Å². The first kappa shape index (κ1) is 16.2. The molecule has 0 amide bonds. The summed E-state index contributed by atoms with van der Waals surface area (Å²) in [6.07, 6.45) is 1.88. The van der Waals surface area contributed by atoms with Crippen molar-refractivity contribution in [1.29, 1.82) is 0 Å². The van der Waals surface area contributed by atoms with Gasteiger partial charge < -0.3 is 9.64 Å². The molecule has 1 saturated heterocycles. The lowest BCUT2D eigenvalue weighted by Crippen LogP contribution is -2.53. The molecule has 1 aliphatic rings. The van der Waals surface area contributed by atoms with E-state index < -0.39 is 10.8 Å². The molecule has 1 atom stereocenters. The number of anilines is 1. The third-order valence-electron chi connectivity index (χ3n) is 5.00. The summed E-state index contributed by atoms with van der Waals surface area (Å²) in [6.45, 7) is 5.92. The first-order valence-corrected chi connectivity index (χ1v) is 9.52. The summed E-state index contributed by atoms with van der Waals surface area (Å²) < 4.78 is 17.7. The minimum atomic E-state index is -0.749. The van der Waals surface area contributed by atoms with Crippen LogP contribution in [-0.2, 0) is 10.8 Å². The first-order valence-electron chi connectivity index (χ1n) is 8.20. The maximum atomic E-state index is 12.5. The van der Waals surface area contributed by atoms with Gasteiger partial charge in [-0.2, -0.15) is 0 Å². The van der Waals surface area contributed by atoms with Crippen molar-refractivity contribution in [3.8, 4) is 5.75 Å². The van der Waals surface area contributed by atoms with Gasteiger partial charge in [0.15, 0.2) is 0 Å². The number of fused-ring (bicyclic) bond motifs is 1. The fourth-order valence-electron chi connectivity index (χ4n) is 3.30. The van der Waals surface area contributed by atoms with Crippen molar-refractivity contribution in [3.05, 3.63) is 30.3 Å². The highest BCUT2D eigenvalue weighted by Gasteiger charge is 2.39. The molecule has 0 N–H and O–H groups in total. The third-order valence-corrected chi connectivity index (χ3v) is 7.23. The SMILES string of the molecule is CCC1(CC)CN(c2ccc3cc(OC)ccc3n2)CCS1=O. The normalized spacial score (nSPS) is 20.7. The topological polar surface area (TPSA) is 42.4 Å². The zero-order chi connectivity index (χ0) is 16.4. The molecule has 0 radical (unpaired) electrons. The van der Waals surface area contributed by atoms with Gasteiger partial charge in [0, 0.05) is 35.0 Å². The van der Waals surface area contributed by atoms with Crippen molar-refractivity contribution < 1.29 is 8.95 Å². The van der Waals surface area contributed by atoms with E-state index in [9.17, 15) is 4.21 Å². The Balaban J connectivity index is 1.92. The zero-order valence-corrected chi connectivity index (χ0v) is 14.9. The van der Waals surface area contributed by atoms with E-state index in [0.717, 1.165) is 54.2 Å². The summed E-state index contributed by atoms with van der Waals surface area (Å²) in [7, 11) is 0.924. The van der Waals surface area contributed by atoms with Crippen molar-refractivity contribution in [2.75, 3.05) is 30.9 Å². The lowest BCUT2D eigenvalue weighted by atomic mass is 10.0. The quantitative estimate of drug-likeness (QED) is 0.861. The number of hydrogen-bond donors (Lipinski definition) is 0. The molecule has 1 aromatic heterocycles. The predicted molar refractivity (Wildman–Crippen MR) is 96.8 cm³/mol. The molecule has 0 spiro atoms. The summed E-state index contributed by atoms with van der Waals surface area (Å²) in [5.74, 6) is 2.55. The van der Waals surface area contributed by atoms with Crippen LogP contribution in [0.1, 0.15) is 26.7 Å². The molecule has 124 valence electrons. The molecule has 2 aromatic rings. The molecule has 2 heterocycles. The van der Waals surface area contributed by atoms with Crippen LogP contribution in [0, 0.1) is 0 Å². The Hall–Kier alpha value is -1.62. The highest BCUT2D eigenvalue weighted by Crippen LogP contribution is 2.31. The molecule has 3 rings (SSSR count). The van der Waals surface area contributed by atoms with Crippen molar-refractivity contribution in [2.45, 2.75) is 31.4 Å². The molecule has 0 saturated carbocycles. The highest BCUT2D eigenvalue weighted by atomic mass is 32.2. The van der Waals surface area contributed by atoms with E-state index in [1.54, 1.807) is 7.11 Å². The van der Waals surface area contributed by atoms with E-state index in [1.165, 1.54) is 0 Å². The van der Waals surface area contributed by atoms with Crippen LogP contribution in [-0.4, -0.2) is 39.9 Å². The second-order valence-corrected chi connectivity index (χ2v) is 8.05. The van der Waals surface area contributed by atoms with Gasteiger partial charge >= 0.3 is 0 Å². The van der Waals surface area contributed by atoms with E-state index in [4.69, 9.17) is 9.72 Å². The maximum absolute atomic E-state index is 12.5. The van der Waals surface area contributed by atoms with Gasteiger partial charge in [0.1, 0.15) is 11.6 Å². The van der Waals surface area contributed by atoms with Crippen LogP contribution in [0.25, 0.3) is 10.9 Å². The molecule has 1 unspecified atom stereocenters. The van der Waals surface area contributed by atoms with Crippen molar-refractivity contribution in [3.63, 3.8) is 0 Å². The van der Waals surface area contributed by atoms with E-state index in [-0.39, 0.29) is 4.75 Å². The Morgan fingerprint density at radius 3 is 2.74 bits per heavy atom. The molecule has 1 aromatic carbocycles. The highest BCUT2D eigenvalue weighted by molar-refractivity contribution is 7.86. The Kier molecular flexibility index (Phi) is 4.57. The second kappa shape index (κ2) is 6.48. The van der Waals surface area contributed by atoms with Crippen LogP contribution in [0.4, 0.5) is 5.82 Å². The number of ether oxygens (including phenoxy) is 1. The molecule has 5 heteroatoms. The Morgan fingerprint density at radius 2 is 2.04 bits per heavy atom. The number of methoxy groups -OCH3 is 1. The molecule has 1 aliphatic heterocycles. The Bertz CT molecular complexity index is 728. The Labute approximate surface area is 140 Å². The summed E-state index contributed by atoms with van der Waals surface area (Å²) in [6, 6.07) is 10.1. The number of aromatic nitrogens is 1. The second-order valence-electron chi connectivity index (χ2n) is 6.09. The van der Waals surface area contributed by atoms with Crippen LogP contribution >= 0.6 is 0 Å². The van der Waals surface area contributed by atoms with Crippen molar-refractivity contribution >= 4 is 27.5 Å². The van der Waals surface area contributed by atoms with Gasteiger partial charge in [-0.05, 0) is 43.2 Å². The maximum Gasteiger partial charge on any atom is 0.129 e. The largest absolute Gasteiger partial charge is 0.497 e. The number of hydrogen-bond acceptors (Lipinski definition) is 4. The summed E-state index contributed by atoms with van der Waals surface area (Å²) >= 11 is 0. The van der Waals surface area contributed by atoms with Crippen LogP contribution in [0.5, 0.6) is 5.75 Å². The lowest BCUT2D eigenvalue weighted by molar-refractivity contribution is 0.415. The fraction of sp³-hybridized carbons (Fsp3) is 0.500. The molecule has 0 bridgehead atoms. The number of nitrogens with zero attached hydrogens (tertiary/aromatic N) is 2. The molecule has 0 aliphatic carbocycles. The van der Waals surface area contributed by atoms with Gasteiger partial charge in [-0.3, -0.25) is 4.21 Å². The van der Waals surface area contributed by atoms with Gasteiger partial charge in [0.05, 0.1) is 17.4 Å². The summed E-state index contributed by atoms with van der Waals surface area (Å²) in [5.41, 5.74) is 0.966. The molecular formula is C18H24N2O2S. The minimum Gasteiger partial charge on any atom is -0.497 e. The number of benzene rings is 1. The van der Waals surface area contributed by atoms with E-state index >= 15 is 0 Å². The molecule has 4 nitrogen and oxygen atoms in total. The lowest BCUT2D eigenvalue weighted by Gasteiger charge is -2.41. The van der Waals surface area contributed by atoms with Gasteiger partial charge in [-0.25, -0.2) is 4.98 Å². The average Bonchev–Trinajstić information content (AvgIpc) is 2.61. The van der Waals surface area contributed by atoms with Gasteiger partial charge in [-0.1, -0.05) is 13.8 Å². The average molecular weight is 332 g/mol. The summed E-state index contributed by atoms with van der Waals surface area (Å²) in [5, 5.41) is 1.07. The van der Waals surface area contributed by atoms with Crippen molar-refractivity contribution in [1.82, 2.24) is 4.98 Å². The Morgan fingerprint density at radius 1 is 1.26 bits per heavy atom. The fourth-order valence-corrected chi connectivity index (χ4v) is 5.06. The number of pyridine rings is 1. The molecule has 1 fully saturated rings. The standard InChI is InChI=1S/C18H24N2O2S/c1-4-18(5-2)13-20(10-11-23(18)21)17-9-6-14-12-15(22-3)7-8-16(14)19-17/h6-9,12H,4-5,10-11,13H2,1-3H3. The van der Waals surface area contributed by atoms with Crippen LogP contribution in [0.15, 0.2) is 30.3 Å². The van der Waals surface area contributed by atoms with Gasteiger partial charge in [0.2, 0.25) is 0 Å². The zero-order valence-electron chi connectivity index (χ0n) is 14.0. The van der Waals surface area contributed by atoms with Crippen molar-refractivity contribution in [2.24, 2.45) is 0 Å². The monoisotopic (exact) mass is 332 g/mol. The summed E-state index contributed by atoms with van der Waals surface area (Å²) in [4.78, 5) is 7.09. The van der Waals surface area contributed by atoms with Crippen LogP contribution < -0.4 is 9.64 Å². The van der Waals surface area contributed by atoms with E-state index in [1.807, 2.05) is 18.2 Å². The third kappa shape index (κ3) is 2.94. The van der Waals surface area contributed by atoms with Crippen LogP contribution in [0.2, 0.25) is 0 Å². The minimum absolute atomic E-state index is 0.102. The first-order chi connectivity index (χ1) is 11.1. The van der Waals surface area contributed by atoms with E-state index in [0.29, 0.717) is 0 Å². The molecular weight excluding hydrogens is 308 g/mol. The molecule has 23 heavy (non-hydrogen) atoms. The van der Waals surface area contributed by atoms with E-state index in [2.05, 4.69) is 30.9 Å². The smallest absolute Gasteiger partial charge is 0.129 e. The number of rotatable bonds is 4. The van der Waals surface area contributed by atoms with Gasteiger partial charge in [0.25, 0.3) is 0 Å². The van der Waals surface area contributed by atoms with Crippen LogP contribution in [0.3, 0.4) is 0 Å². The predicted octanol–water partition coefficient (Wildman–Crippen LogP) is 3.37.